The van der Waals surface area contributed by atoms with Crippen LogP contribution in [0.2, 0.25) is 5.02 Å². The van der Waals surface area contributed by atoms with Gasteiger partial charge in [-0.25, -0.2) is 0 Å². The number of nitrogens with one attached hydrogen (secondary N) is 2. The van der Waals surface area contributed by atoms with Crippen LogP contribution in [0.5, 0.6) is 0 Å². The molecule has 1 heterocycles. The van der Waals surface area contributed by atoms with Crippen LogP contribution in [0.25, 0.3) is 0 Å². The molecule has 0 radical (unpaired) electrons. The second kappa shape index (κ2) is 5.74. The maximum Gasteiger partial charge on any atom is 0.310 e. The van der Waals surface area contributed by atoms with Crippen molar-refractivity contribution in [3.63, 3.8) is 0 Å². The third kappa shape index (κ3) is 2.25. The Morgan fingerprint density at radius 1 is 1.21 bits per heavy atom. The predicted molar refractivity (Wildman–Crippen MR) is 88.2 cm³/mol. The summed E-state index contributed by atoms with van der Waals surface area (Å²) in [5, 5.41) is 0.298. The Bertz CT molecular complexity index is 743. The van der Waals surface area contributed by atoms with E-state index in [9.17, 15) is 14.4 Å². The SMILES string of the molecule is O=C(NNC(=O)[C@@H]1[C@H]2C[C@H]3[C@H](OC(=O)[C@@H]31)[C@H]2Br)c1ccccc1Cl. The van der Waals surface area contributed by atoms with Crippen LogP contribution in [-0.4, -0.2) is 28.7 Å². The van der Waals surface area contributed by atoms with Gasteiger partial charge in [0.25, 0.3) is 5.91 Å². The fourth-order valence-electron chi connectivity index (χ4n) is 4.24. The van der Waals surface area contributed by atoms with Crippen LogP contribution in [0.1, 0.15) is 16.8 Å². The Kier molecular flexibility index (Phi) is 3.80. The lowest BCUT2D eigenvalue weighted by atomic mass is 9.79. The number of amides is 2. The van der Waals surface area contributed by atoms with E-state index in [1.165, 1.54) is 0 Å². The molecule has 1 aromatic rings. The zero-order valence-corrected chi connectivity index (χ0v) is 14.7. The van der Waals surface area contributed by atoms with E-state index in [-0.39, 0.29) is 40.2 Å². The molecule has 1 aliphatic heterocycles. The summed E-state index contributed by atoms with van der Waals surface area (Å²) in [6.07, 6.45) is 0.655. The van der Waals surface area contributed by atoms with Crippen LogP contribution in [0.4, 0.5) is 0 Å². The van der Waals surface area contributed by atoms with E-state index in [1.54, 1.807) is 24.3 Å². The quantitative estimate of drug-likeness (QED) is 0.439. The number of ether oxygens (including phenoxy) is 1. The van der Waals surface area contributed by atoms with Gasteiger partial charge in [0.2, 0.25) is 5.91 Å². The largest absolute Gasteiger partial charge is 0.461 e. The average molecular weight is 414 g/mol. The molecule has 0 spiro atoms. The zero-order chi connectivity index (χ0) is 17.0. The number of carbonyl (C=O) groups is 3. The molecule has 6 atom stereocenters. The second-order valence-electron chi connectivity index (χ2n) is 6.38. The Balaban J connectivity index is 1.45. The minimum absolute atomic E-state index is 0.0137. The molecular weight excluding hydrogens is 400 g/mol. The first-order valence-corrected chi connectivity index (χ1v) is 8.97. The van der Waals surface area contributed by atoms with E-state index < -0.39 is 17.7 Å². The van der Waals surface area contributed by atoms with Crippen molar-refractivity contribution in [3.05, 3.63) is 34.9 Å². The van der Waals surface area contributed by atoms with E-state index in [0.29, 0.717) is 5.02 Å². The third-order valence-electron chi connectivity index (χ3n) is 5.24. The van der Waals surface area contributed by atoms with Crippen molar-refractivity contribution in [1.29, 1.82) is 0 Å². The van der Waals surface area contributed by atoms with Crippen molar-refractivity contribution >= 4 is 45.3 Å². The van der Waals surface area contributed by atoms with Gasteiger partial charge in [-0.3, -0.25) is 25.2 Å². The van der Waals surface area contributed by atoms with Gasteiger partial charge in [0.05, 0.1) is 27.2 Å². The van der Waals surface area contributed by atoms with Gasteiger partial charge in [0.1, 0.15) is 6.10 Å². The molecule has 1 saturated heterocycles. The van der Waals surface area contributed by atoms with Gasteiger partial charge in [-0.05, 0) is 24.5 Å². The Morgan fingerprint density at radius 2 is 1.96 bits per heavy atom. The van der Waals surface area contributed by atoms with Crippen molar-refractivity contribution in [1.82, 2.24) is 10.9 Å². The molecule has 2 amide bonds. The average Bonchev–Trinajstić information content (AvgIpc) is 3.17. The Morgan fingerprint density at radius 3 is 2.71 bits per heavy atom. The molecule has 1 aromatic carbocycles. The van der Waals surface area contributed by atoms with Gasteiger partial charge in [0.15, 0.2) is 0 Å². The first-order chi connectivity index (χ1) is 11.5. The van der Waals surface area contributed by atoms with Gasteiger partial charge in [-0.15, -0.1) is 0 Å². The van der Waals surface area contributed by atoms with Gasteiger partial charge in [0, 0.05) is 5.92 Å². The molecule has 2 saturated carbocycles. The van der Waals surface area contributed by atoms with Crippen molar-refractivity contribution in [2.75, 3.05) is 0 Å². The minimum Gasteiger partial charge on any atom is -0.461 e. The highest BCUT2D eigenvalue weighted by Crippen LogP contribution is 2.59. The normalized spacial score (nSPS) is 35.7. The standard InChI is InChI=1S/C16H14BrClN2O4/c17-12-7-5-8-11(16(23)24-13(8)12)10(7)15(22)20-19-14(21)6-3-1-2-4-9(6)18/h1-4,7-8,10-13H,5H2,(H,19,21)(H,20,22)/t7-,8-,10-,11+,12+,13+/m1/s1. The van der Waals surface area contributed by atoms with E-state index in [4.69, 9.17) is 16.3 Å². The number of rotatable bonds is 2. The summed E-state index contributed by atoms with van der Waals surface area (Å²) < 4.78 is 5.37. The number of halogens is 2. The number of alkyl halides is 1. The molecule has 3 fully saturated rings. The van der Waals surface area contributed by atoms with Crippen molar-refractivity contribution in [2.24, 2.45) is 23.7 Å². The Hall–Kier alpha value is -1.60. The molecule has 2 aliphatic carbocycles. The summed E-state index contributed by atoms with van der Waals surface area (Å²) in [4.78, 5) is 36.7. The molecule has 0 unspecified atom stereocenters. The maximum absolute atomic E-state index is 12.5. The molecule has 0 aromatic heterocycles. The lowest BCUT2D eigenvalue weighted by Gasteiger charge is -2.27. The third-order valence-corrected chi connectivity index (χ3v) is 6.77. The fourth-order valence-corrected chi connectivity index (χ4v) is 5.51. The summed E-state index contributed by atoms with van der Waals surface area (Å²) in [6, 6.07) is 6.56. The molecule has 2 N–H and O–H groups in total. The van der Waals surface area contributed by atoms with Crippen LogP contribution in [0.15, 0.2) is 24.3 Å². The van der Waals surface area contributed by atoms with E-state index in [0.717, 1.165) is 6.42 Å². The van der Waals surface area contributed by atoms with Crippen molar-refractivity contribution < 1.29 is 19.1 Å². The fraction of sp³-hybridized carbons (Fsp3) is 0.438. The van der Waals surface area contributed by atoms with Crippen LogP contribution in [0.3, 0.4) is 0 Å². The van der Waals surface area contributed by atoms with Crippen LogP contribution < -0.4 is 10.9 Å². The summed E-state index contributed by atoms with van der Waals surface area (Å²) in [5.41, 5.74) is 5.08. The molecule has 6 nitrogen and oxygen atoms in total. The summed E-state index contributed by atoms with van der Waals surface area (Å²) in [5.74, 6) is -1.96. The minimum atomic E-state index is -0.501. The van der Waals surface area contributed by atoms with Crippen LogP contribution >= 0.6 is 27.5 Å². The number of esters is 1. The zero-order valence-electron chi connectivity index (χ0n) is 12.4. The molecular formula is C16H14BrClN2O4. The molecule has 24 heavy (non-hydrogen) atoms. The van der Waals surface area contributed by atoms with Crippen LogP contribution in [-0.2, 0) is 14.3 Å². The van der Waals surface area contributed by atoms with E-state index in [1.807, 2.05) is 0 Å². The lowest BCUT2D eigenvalue weighted by Crippen LogP contribution is -2.49. The topological polar surface area (TPSA) is 84.5 Å². The highest BCUT2D eigenvalue weighted by molar-refractivity contribution is 9.09. The highest BCUT2D eigenvalue weighted by atomic mass is 79.9. The van der Waals surface area contributed by atoms with Gasteiger partial charge < -0.3 is 4.74 Å². The number of hydrazine groups is 1. The molecule has 4 rings (SSSR count). The summed E-state index contributed by atoms with van der Waals surface area (Å²) in [7, 11) is 0. The number of benzene rings is 1. The molecule has 2 bridgehead atoms. The van der Waals surface area contributed by atoms with Crippen molar-refractivity contribution in [2.45, 2.75) is 17.4 Å². The smallest absolute Gasteiger partial charge is 0.310 e. The van der Waals surface area contributed by atoms with Crippen LogP contribution in [0, 0.1) is 23.7 Å². The maximum atomic E-state index is 12.5. The summed E-state index contributed by atoms with van der Waals surface area (Å²) >= 11 is 9.51. The monoisotopic (exact) mass is 412 g/mol. The van der Waals surface area contributed by atoms with Gasteiger partial charge in [-0.1, -0.05) is 39.7 Å². The predicted octanol–water partition coefficient (Wildman–Crippen LogP) is 1.67. The number of hydrogen-bond donors (Lipinski definition) is 2. The highest BCUT2D eigenvalue weighted by Gasteiger charge is 2.67. The van der Waals surface area contributed by atoms with E-state index >= 15 is 0 Å². The van der Waals surface area contributed by atoms with E-state index in [2.05, 4.69) is 26.8 Å². The lowest BCUT2D eigenvalue weighted by molar-refractivity contribution is -0.146. The molecule has 126 valence electrons. The van der Waals surface area contributed by atoms with Crippen molar-refractivity contribution in [3.8, 4) is 0 Å². The second-order valence-corrected chi connectivity index (χ2v) is 7.85. The number of hydrogen-bond acceptors (Lipinski definition) is 4. The number of carbonyl (C=O) groups excluding carboxylic acids is 3. The first kappa shape index (κ1) is 15.9. The van der Waals surface area contributed by atoms with Gasteiger partial charge >= 0.3 is 5.97 Å². The Labute approximate surface area is 151 Å². The molecule has 8 heteroatoms. The summed E-state index contributed by atoms with van der Waals surface area (Å²) in [6.45, 7) is 0. The van der Waals surface area contributed by atoms with Gasteiger partial charge in [-0.2, -0.15) is 0 Å². The number of fused-ring (bicyclic) bond motifs is 1. The molecule has 3 aliphatic rings. The first-order valence-electron chi connectivity index (χ1n) is 7.68.